The molecule has 0 nitrogen and oxygen atoms in total. The number of halogens is 3. The highest BCUT2D eigenvalue weighted by molar-refractivity contribution is 5.36. The Kier molecular flexibility index (Phi) is 4.40. The van der Waals surface area contributed by atoms with Gasteiger partial charge in [-0.3, -0.25) is 0 Å². The molecule has 0 aromatic heterocycles. The first-order chi connectivity index (χ1) is 9.81. The zero-order valence-corrected chi connectivity index (χ0v) is 12.8. The molecule has 0 heterocycles. The Morgan fingerprint density at radius 2 is 1.24 bits per heavy atom. The minimum absolute atomic E-state index is 0.0358. The highest BCUT2D eigenvalue weighted by Gasteiger charge is 2.13. The summed E-state index contributed by atoms with van der Waals surface area (Å²) in [7, 11) is 0. The van der Waals surface area contributed by atoms with Gasteiger partial charge in [0.2, 0.25) is 0 Å². The molecule has 21 heavy (non-hydrogen) atoms. The summed E-state index contributed by atoms with van der Waals surface area (Å²) in [5.41, 5.74) is 3.57. The van der Waals surface area contributed by atoms with Gasteiger partial charge in [0.15, 0.2) is 0 Å². The monoisotopic (exact) mass is 292 g/mol. The second-order valence-corrected chi connectivity index (χ2v) is 5.61. The van der Waals surface area contributed by atoms with Gasteiger partial charge in [-0.1, -0.05) is 6.07 Å². The average molecular weight is 292 g/mol. The number of rotatable bonds is 3. The predicted octanol–water partition coefficient (Wildman–Crippen LogP) is 5.12. The highest BCUT2D eigenvalue weighted by atomic mass is 19.1. The van der Waals surface area contributed by atoms with Gasteiger partial charge in [0.05, 0.1) is 0 Å². The molecule has 0 N–H and O–H groups in total. The molecule has 0 saturated carbocycles. The van der Waals surface area contributed by atoms with Gasteiger partial charge in [0.1, 0.15) is 17.5 Å². The van der Waals surface area contributed by atoms with E-state index in [0.717, 1.165) is 11.1 Å². The normalized spacial score (nSPS) is 11.0. The summed E-state index contributed by atoms with van der Waals surface area (Å²) in [5.74, 6) is -1.32. The lowest BCUT2D eigenvalue weighted by molar-refractivity contribution is 0.557. The molecule has 0 spiro atoms. The molecular formula is C18H19F3. The molecule has 0 bridgehead atoms. The Balaban J connectivity index is 2.27. The fourth-order valence-corrected chi connectivity index (χ4v) is 2.46. The maximum Gasteiger partial charge on any atom is 0.132 e. The van der Waals surface area contributed by atoms with Gasteiger partial charge in [-0.05, 0) is 80.5 Å². The van der Waals surface area contributed by atoms with Crippen molar-refractivity contribution < 1.29 is 13.2 Å². The summed E-state index contributed by atoms with van der Waals surface area (Å²) < 4.78 is 41.4. The van der Waals surface area contributed by atoms with Crippen LogP contribution in [0.4, 0.5) is 13.2 Å². The van der Waals surface area contributed by atoms with Crippen molar-refractivity contribution in [3.8, 4) is 0 Å². The first-order valence-corrected chi connectivity index (χ1v) is 7.01. The summed E-state index contributed by atoms with van der Waals surface area (Å²) in [6, 6.07) is 4.67. The summed E-state index contributed by atoms with van der Waals surface area (Å²) >= 11 is 0. The molecule has 112 valence electrons. The van der Waals surface area contributed by atoms with E-state index in [4.69, 9.17) is 0 Å². The van der Waals surface area contributed by atoms with Crippen LogP contribution in [0.25, 0.3) is 0 Å². The quantitative estimate of drug-likeness (QED) is 0.736. The number of aryl methyl sites for hydroxylation is 4. The third-order valence-electron chi connectivity index (χ3n) is 4.13. The Hall–Kier alpha value is -1.77. The molecule has 2 aromatic carbocycles. The van der Waals surface area contributed by atoms with Gasteiger partial charge >= 0.3 is 0 Å². The van der Waals surface area contributed by atoms with E-state index in [-0.39, 0.29) is 11.4 Å². The number of benzene rings is 2. The van der Waals surface area contributed by atoms with Crippen LogP contribution in [-0.2, 0) is 12.8 Å². The summed E-state index contributed by atoms with van der Waals surface area (Å²) in [4.78, 5) is 0. The lowest BCUT2D eigenvalue weighted by Gasteiger charge is -2.11. The van der Waals surface area contributed by atoms with Gasteiger partial charge < -0.3 is 0 Å². The largest absolute Gasteiger partial charge is 0.207 e. The first kappa shape index (κ1) is 15.6. The zero-order valence-electron chi connectivity index (χ0n) is 12.8. The summed E-state index contributed by atoms with van der Waals surface area (Å²) in [6.07, 6.45) is 0.842. The third kappa shape index (κ3) is 3.12. The predicted molar refractivity (Wildman–Crippen MR) is 79.1 cm³/mol. The lowest BCUT2D eigenvalue weighted by atomic mass is 9.96. The standard InChI is InChI=1S/C18H19F3/c1-10-7-15(17(20)8-11(10)2)6-5-14-9-16(19)13(4)18(21)12(14)3/h7-9H,5-6H2,1-4H3. The van der Waals surface area contributed by atoms with Crippen LogP contribution in [0.15, 0.2) is 18.2 Å². The highest BCUT2D eigenvalue weighted by Crippen LogP contribution is 2.22. The van der Waals surface area contributed by atoms with E-state index in [1.807, 2.05) is 13.8 Å². The molecule has 0 unspecified atom stereocenters. The maximum atomic E-state index is 13.9. The topological polar surface area (TPSA) is 0 Å². The zero-order chi connectivity index (χ0) is 15.7. The molecule has 0 atom stereocenters. The van der Waals surface area contributed by atoms with Crippen molar-refractivity contribution in [2.45, 2.75) is 40.5 Å². The Morgan fingerprint density at radius 3 is 1.90 bits per heavy atom. The molecule has 0 radical (unpaired) electrons. The minimum atomic E-state index is -0.548. The molecule has 2 aromatic rings. The smallest absolute Gasteiger partial charge is 0.132 e. The second-order valence-electron chi connectivity index (χ2n) is 5.61. The van der Waals surface area contributed by atoms with E-state index in [2.05, 4.69) is 0 Å². The molecule has 0 saturated heterocycles. The molecule has 3 heteroatoms. The molecule has 0 amide bonds. The van der Waals surface area contributed by atoms with Crippen LogP contribution in [0.5, 0.6) is 0 Å². The van der Waals surface area contributed by atoms with E-state index < -0.39 is 11.6 Å². The van der Waals surface area contributed by atoms with Gasteiger partial charge in [0.25, 0.3) is 0 Å². The Labute approximate surface area is 123 Å². The van der Waals surface area contributed by atoms with Crippen LogP contribution in [0, 0.1) is 45.1 Å². The minimum Gasteiger partial charge on any atom is -0.207 e. The first-order valence-electron chi connectivity index (χ1n) is 7.01. The van der Waals surface area contributed by atoms with Crippen LogP contribution in [-0.4, -0.2) is 0 Å². The fourth-order valence-electron chi connectivity index (χ4n) is 2.46. The van der Waals surface area contributed by atoms with Crippen LogP contribution >= 0.6 is 0 Å². The van der Waals surface area contributed by atoms with Gasteiger partial charge in [-0.2, -0.15) is 0 Å². The van der Waals surface area contributed by atoms with Crippen molar-refractivity contribution in [3.05, 3.63) is 69.0 Å². The van der Waals surface area contributed by atoms with Crippen LogP contribution in [0.1, 0.15) is 33.4 Å². The Bertz CT molecular complexity index is 688. The van der Waals surface area contributed by atoms with Gasteiger partial charge in [0, 0.05) is 5.56 Å². The molecular weight excluding hydrogens is 273 g/mol. The fraction of sp³-hybridized carbons (Fsp3) is 0.333. The van der Waals surface area contributed by atoms with Crippen LogP contribution in [0.2, 0.25) is 0 Å². The van der Waals surface area contributed by atoms with Crippen molar-refractivity contribution in [2.75, 3.05) is 0 Å². The van der Waals surface area contributed by atoms with E-state index >= 15 is 0 Å². The molecule has 0 aliphatic carbocycles. The summed E-state index contributed by atoms with van der Waals surface area (Å²) in [5, 5.41) is 0. The molecule has 0 aliphatic rings. The van der Waals surface area contributed by atoms with E-state index in [1.54, 1.807) is 13.0 Å². The van der Waals surface area contributed by atoms with Crippen molar-refractivity contribution in [2.24, 2.45) is 0 Å². The summed E-state index contributed by atoms with van der Waals surface area (Å²) in [6.45, 7) is 6.84. The van der Waals surface area contributed by atoms with Crippen LogP contribution < -0.4 is 0 Å². The Morgan fingerprint density at radius 1 is 0.667 bits per heavy atom. The second kappa shape index (κ2) is 5.92. The van der Waals surface area contributed by atoms with Crippen LogP contribution in [0.3, 0.4) is 0 Å². The van der Waals surface area contributed by atoms with Crippen molar-refractivity contribution in [3.63, 3.8) is 0 Å². The number of hydrogen-bond acceptors (Lipinski definition) is 0. The lowest BCUT2D eigenvalue weighted by Crippen LogP contribution is -2.03. The van der Waals surface area contributed by atoms with E-state index in [0.29, 0.717) is 29.5 Å². The van der Waals surface area contributed by atoms with Gasteiger partial charge in [-0.15, -0.1) is 0 Å². The molecule has 0 aliphatic heterocycles. The van der Waals surface area contributed by atoms with Crippen molar-refractivity contribution >= 4 is 0 Å². The van der Waals surface area contributed by atoms with E-state index in [9.17, 15) is 13.2 Å². The SMILES string of the molecule is Cc1cc(F)c(CCc2cc(F)c(C)c(F)c2C)cc1C. The maximum absolute atomic E-state index is 13.9. The van der Waals surface area contributed by atoms with Crippen molar-refractivity contribution in [1.29, 1.82) is 0 Å². The van der Waals surface area contributed by atoms with Crippen molar-refractivity contribution in [1.82, 2.24) is 0 Å². The van der Waals surface area contributed by atoms with E-state index in [1.165, 1.54) is 19.1 Å². The molecule has 2 rings (SSSR count). The number of hydrogen-bond donors (Lipinski definition) is 0. The average Bonchev–Trinajstić information content (AvgIpc) is 2.44. The molecule has 0 fully saturated rings. The van der Waals surface area contributed by atoms with Gasteiger partial charge in [-0.25, -0.2) is 13.2 Å². The third-order valence-corrected chi connectivity index (χ3v) is 4.13.